The number of carbonyl (C=O) groups excluding carboxylic acids is 3. The van der Waals surface area contributed by atoms with Crippen molar-refractivity contribution in [1.29, 1.82) is 0 Å². The fraction of sp³-hybridized carbons (Fsp3) is 0.400. The number of amides is 2. The molecule has 0 radical (unpaired) electrons. The van der Waals surface area contributed by atoms with E-state index in [0.29, 0.717) is 17.0 Å². The number of fused-ring (bicyclic) bond motifs is 2. The van der Waals surface area contributed by atoms with Crippen LogP contribution in [0, 0.1) is 17.3 Å². The molecule has 140 valence electrons. The molecular formula is C20H21N3O4. The lowest BCUT2D eigenvalue weighted by Gasteiger charge is -2.12. The lowest BCUT2D eigenvalue weighted by Crippen LogP contribution is -2.29. The molecule has 27 heavy (non-hydrogen) atoms. The molecule has 0 spiro atoms. The minimum absolute atomic E-state index is 0.171. The zero-order valence-electron chi connectivity index (χ0n) is 15.4. The highest BCUT2D eigenvalue weighted by atomic mass is 16.5. The molecule has 1 aromatic heterocycles. The number of hydrogen-bond acceptors (Lipinski definition) is 5. The van der Waals surface area contributed by atoms with Crippen molar-refractivity contribution in [3.63, 3.8) is 0 Å². The Morgan fingerprint density at radius 2 is 2.07 bits per heavy atom. The van der Waals surface area contributed by atoms with E-state index in [9.17, 15) is 14.4 Å². The SMILES string of the molecule is CC(C)c1cc(CNC(=O)[C@@H]2[C@H]3C(=O)Nc4ccccc4C(=O)[C@]23C)on1. The lowest BCUT2D eigenvalue weighted by atomic mass is 9.92. The van der Waals surface area contributed by atoms with Crippen molar-refractivity contribution in [1.82, 2.24) is 10.5 Å². The van der Waals surface area contributed by atoms with Crippen LogP contribution in [0.5, 0.6) is 0 Å². The van der Waals surface area contributed by atoms with E-state index < -0.39 is 17.3 Å². The largest absolute Gasteiger partial charge is 0.359 e. The summed E-state index contributed by atoms with van der Waals surface area (Å²) < 4.78 is 5.22. The fourth-order valence-corrected chi connectivity index (χ4v) is 3.90. The summed E-state index contributed by atoms with van der Waals surface area (Å²) in [5.74, 6) is -1.38. The third-order valence-electron chi connectivity index (χ3n) is 5.61. The van der Waals surface area contributed by atoms with E-state index in [-0.39, 0.29) is 30.1 Å². The number of benzene rings is 1. The number of ketones is 1. The van der Waals surface area contributed by atoms with Gasteiger partial charge in [0.2, 0.25) is 11.8 Å². The minimum atomic E-state index is -1.02. The third-order valence-corrected chi connectivity index (χ3v) is 5.61. The normalized spacial score (nSPS) is 26.1. The first kappa shape index (κ1) is 17.5. The molecule has 0 bridgehead atoms. The molecule has 2 N–H and O–H groups in total. The van der Waals surface area contributed by atoms with Crippen LogP contribution in [0.15, 0.2) is 34.9 Å². The second-order valence-corrected chi connectivity index (χ2v) is 7.69. The molecule has 2 amide bonds. The standard InChI is InChI=1S/C20H21N3O4/c1-10(2)14-8-11(27-23-14)9-21-18(25)15-16-19(26)22-13-7-5-4-6-12(13)17(24)20(15,16)3/h4-8,10,15-16H,9H2,1-3H3,(H,21,25)(H,22,26)/t15-,16-,20+/m0/s1. The van der Waals surface area contributed by atoms with Crippen molar-refractivity contribution in [2.24, 2.45) is 17.3 Å². The van der Waals surface area contributed by atoms with Gasteiger partial charge in [-0.3, -0.25) is 14.4 Å². The van der Waals surface area contributed by atoms with Crippen LogP contribution in [0.25, 0.3) is 0 Å². The number of nitrogens with zero attached hydrogens (tertiary/aromatic N) is 1. The van der Waals surface area contributed by atoms with E-state index in [2.05, 4.69) is 15.8 Å². The first-order chi connectivity index (χ1) is 12.8. The van der Waals surface area contributed by atoms with Gasteiger partial charge in [0, 0.05) is 11.6 Å². The Morgan fingerprint density at radius 3 is 2.78 bits per heavy atom. The van der Waals surface area contributed by atoms with Crippen LogP contribution in [0.4, 0.5) is 5.69 Å². The van der Waals surface area contributed by atoms with Crippen molar-refractivity contribution in [3.05, 3.63) is 47.3 Å². The summed E-state index contributed by atoms with van der Waals surface area (Å²) >= 11 is 0. The number of Topliss-reactive ketones (excluding diaryl/α,β-unsaturated/α-hetero) is 1. The van der Waals surface area contributed by atoms with Crippen LogP contribution in [0.1, 0.15) is 48.5 Å². The van der Waals surface area contributed by atoms with Gasteiger partial charge in [-0.25, -0.2) is 0 Å². The Hall–Kier alpha value is -2.96. The number of carbonyl (C=O) groups is 3. The van der Waals surface area contributed by atoms with Crippen LogP contribution in [0.3, 0.4) is 0 Å². The Bertz CT molecular complexity index is 948. The maximum Gasteiger partial charge on any atom is 0.229 e. The van der Waals surface area contributed by atoms with E-state index in [1.165, 1.54) is 0 Å². The van der Waals surface area contributed by atoms with E-state index in [1.54, 1.807) is 37.3 Å². The van der Waals surface area contributed by atoms with Gasteiger partial charge in [0.1, 0.15) is 0 Å². The number of hydrogen-bond donors (Lipinski definition) is 2. The summed E-state index contributed by atoms with van der Waals surface area (Å²) in [6.45, 7) is 5.86. The molecule has 3 atom stereocenters. The van der Waals surface area contributed by atoms with Gasteiger partial charge in [0.25, 0.3) is 0 Å². The lowest BCUT2D eigenvalue weighted by molar-refractivity contribution is -0.125. The highest BCUT2D eigenvalue weighted by molar-refractivity contribution is 6.19. The van der Waals surface area contributed by atoms with Gasteiger partial charge in [-0.1, -0.05) is 38.1 Å². The first-order valence-electron chi connectivity index (χ1n) is 9.02. The molecule has 1 aliphatic heterocycles. The zero-order valence-corrected chi connectivity index (χ0v) is 15.4. The van der Waals surface area contributed by atoms with Crippen molar-refractivity contribution in [2.75, 3.05) is 5.32 Å². The van der Waals surface area contributed by atoms with Crippen molar-refractivity contribution >= 4 is 23.3 Å². The highest BCUT2D eigenvalue weighted by Crippen LogP contribution is 2.62. The van der Waals surface area contributed by atoms with E-state index in [4.69, 9.17) is 4.52 Å². The summed E-state index contributed by atoms with van der Waals surface area (Å²) in [7, 11) is 0. The molecule has 7 nitrogen and oxygen atoms in total. The van der Waals surface area contributed by atoms with Crippen LogP contribution in [-0.4, -0.2) is 22.8 Å². The zero-order chi connectivity index (χ0) is 19.3. The summed E-state index contributed by atoms with van der Waals surface area (Å²) in [5.41, 5.74) is 0.741. The van der Waals surface area contributed by atoms with Crippen molar-refractivity contribution in [2.45, 2.75) is 33.2 Å². The molecule has 1 aromatic carbocycles. The van der Waals surface area contributed by atoms with Gasteiger partial charge >= 0.3 is 0 Å². The first-order valence-corrected chi connectivity index (χ1v) is 9.02. The molecule has 2 aliphatic rings. The Kier molecular flexibility index (Phi) is 3.91. The second kappa shape index (κ2) is 6.04. The summed E-state index contributed by atoms with van der Waals surface area (Å²) in [5, 5.41) is 9.51. The van der Waals surface area contributed by atoms with E-state index in [1.807, 2.05) is 13.8 Å². The quantitative estimate of drug-likeness (QED) is 0.865. The number of rotatable bonds is 4. The maximum absolute atomic E-state index is 13.0. The van der Waals surface area contributed by atoms with Gasteiger partial charge in [-0.15, -0.1) is 0 Å². The molecule has 7 heteroatoms. The van der Waals surface area contributed by atoms with Gasteiger partial charge in [0.15, 0.2) is 11.5 Å². The van der Waals surface area contributed by atoms with Gasteiger partial charge < -0.3 is 15.2 Å². The molecular weight excluding hydrogens is 346 g/mol. The predicted octanol–water partition coefficient (Wildman–Crippen LogP) is 2.50. The predicted molar refractivity (Wildman–Crippen MR) is 96.9 cm³/mol. The Labute approximate surface area is 156 Å². The van der Waals surface area contributed by atoms with Gasteiger partial charge in [0.05, 0.1) is 35.2 Å². The molecule has 0 unspecified atom stereocenters. The fourth-order valence-electron chi connectivity index (χ4n) is 3.90. The molecule has 0 saturated heterocycles. The number of nitrogens with one attached hydrogen (secondary N) is 2. The van der Waals surface area contributed by atoms with Crippen molar-refractivity contribution in [3.8, 4) is 0 Å². The van der Waals surface area contributed by atoms with Crippen LogP contribution in [0.2, 0.25) is 0 Å². The van der Waals surface area contributed by atoms with Gasteiger partial charge in [-0.05, 0) is 18.1 Å². The number of anilines is 1. The average Bonchev–Trinajstić information content (AvgIpc) is 3.05. The van der Waals surface area contributed by atoms with Crippen LogP contribution >= 0.6 is 0 Å². The summed E-state index contributed by atoms with van der Waals surface area (Å²) in [6.07, 6.45) is 0. The summed E-state index contributed by atoms with van der Waals surface area (Å²) in [6, 6.07) is 8.69. The molecule has 2 aromatic rings. The Balaban J connectivity index is 1.51. The smallest absolute Gasteiger partial charge is 0.229 e. The molecule has 1 aliphatic carbocycles. The van der Waals surface area contributed by atoms with E-state index >= 15 is 0 Å². The molecule has 1 fully saturated rings. The number of aromatic nitrogens is 1. The maximum atomic E-state index is 13.0. The second-order valence-electron chi connectivity index (χ2n) is 7.69. The van der Waals surface area contributed by atoms with Crippen LogP contribution in [-0.2, 0) is 16.1 Å². The highest BCUT2D eigenvalue weighted by Gasteiger charge is 2.73. The van der Waals surface area contributed by atoms with Gasteiger partial charge in [-0.2, -0.15) is 0 Å². The third kappa shape index (κ3) is 2.65. The van der Waals surface area contributed by atoms with Crippen LogP contribution < -0.4 is 10.6 Å². The minimum Gasteiger partial charge on any atom is -0.359 e. The topological polar surface area (TPSA) is 101 Å². The van der Waals surface area contributed by atoms with E-state index in [0.717, 1.165) is 5.69 Å². The molecule has 2 heterocycles. The molecule has 4 rings (SSSR count). The summed E-state index contributed by atoms with van der Waals surface area (Å²) in [4.78, 5) is 38.3. The number of para-hydroxylation sites is 1. The van der Waals surface area contributed by atoms with Crippen molar-refractivity contribution < 1.29 is 18.9 Å². The monoisotopic (exact) mass is 367 g/mol. The average molecular weight is 367 g/mol. The Morgan fingerprint density at radius 1 is 1.33 bits per heavy atom. The molecule has 1 saturated carbocycles.